The van der Waals surface area contributed by atoms with Gasteiger partial charge >= 0.3 is 0 Å². The normalized spacial score (nSPS) is 17.9. The summed E-state index contributed by atoms with van der Waals surface area (Å²) in [6.07, 6.45) is 10.5. The van der Waals surface area contributed by atoms with Crippen LogP contribution >= 0.6 is 11.3 Å². The minimum absolute atomic E-state index is 0.0778. The molecular weight excluding hydrogens is 520 g/mol. The third-order valence-electron chi connectivity index (χ3n) is 8.64. The number of aryl methyl sites for hydroxylation is 1. The Balaban J connectivity index is 1.44. The lowest BCUT2D eigenvalue weighted by molar-refractivity contribution is -0.131. The number of thiazole rings is 1. The van der Waals surface area contributed by atoms with Gasteiger partial charge in [0.1, 0.15) is 0 Å². The molecule has 2 heterocycles. The van der Waals surface area contributed by atoms with E-state index in [1.807, 2.05) is 6.07 Å². The van der Waals surface area contributed by atoms with E-state index in [1.165, 1.54) is 24.8 Å². The van der Waals surface area contributed by atoms with Gasteiger partial charge in [0.15, 0.2) is 5.78 Å². The number of benzene rings is 1. The van der Waals surface area contributed by atoms with Crippen molar-refractivity contribution in [3.05, 3.63) is 40.9 Å². The molecule has 8 heteroatoms. The fourth-order valence-corrected chi connectivity index (χ4v) is 7.25. The van der Waals surface area contributed by atoms with Crippen molar-refractivity contribution >= 4 is 39.2 Å². The van der Waals surface area contributed by atoms with E-state index < -0.39 is 5.92 Å². The van der Waals surface area contributed by atoms with Crippen molar-refractivity contribution < 1.29 is 14.4 Å². The predicted octanol–water partition coefficient (Wildman–Crippen LogP) is 5.22. The highest BCUT2D eigenvalue weighted by atomic mass is 32.1. The number of hydrogen-bond donors (Lipinski definition) is 2. The highest BCUT2D eigenvalue weighted by Crippen LogP contribution is 2.30. The van der Waals surface area contributed by atoms with Gasteiger partial charge in [-0.3, -0.25) is 19.3 Å². The Hall–Kier alpha value is -2.58. The number of nitrogens with zero attached hydrogens (tertiary/aromatic N) is 2. The Morgan fingerprint density at radius 1 is 1.12 bits per heavy atom. The third-order valence-corrected chi connectivity index (χ3v) is 9.68. The molecule has 2 aliphatic rings. The lowest BCUT2D eigenvalue weighted by atomic mass is 9.81. The molecule has 1 aliphatic carbocycles. The number of amides is 2. The second kappa shape index (κ2) is 14.9. The average molecular weight is 567 g/mol. The largest absolute Gasteiger partial charge is 0.359 e. The predicted molar refractivity (Wildman–Crippen MR) is 162 cm³/mol. The first-order valence-corrected chi connectivity index (χ1v) is 16.0. The Morgan fingerprint density at radius 2 is 1.88 bits per heavy atom. The number of rotatable bonds is 14. The molecule has 7 nitrogen and oxygen atoms in total. The summed E-state index contributed by atoms with van der Waals surface area (Å²) in [5, 5.41) is 6.87. The van der Waals surface area contributed by atoms with Crippen LogP contribution in [0.1, 0.15) is 81.7 Å². The maximum absolute atomic E-state index is 13.8. The Kier molecular flexibility index (Phi) is 11.3. The molecule has 1 aromatic carbocycles. The molecule has 1 aromatic heterocycles. The van der Waals surface area contributed by atoms with E-state index in [0.29, 0.717) is 37.3 Å². The van der Waals surface area contributed by atoms with Crippen molar-refractivity contribution in [1.82, 2.24) is 20.5 Å². The number of carbonyl (C=O) groups is 3. The van der Waals surface area contributed by atoms with E-state index >= 15 is 0 Å². The second-order valence-corrected chi connectivity index (χ2v) is 12.7. The lowest BCUT2D eigenvalue weighted by Gasteiger charge is -2.32. The summed E-state index contributed by atoms with van der Waals surface area (Å²) >= 11 is 1.60. The maximum Gasteiger partial charge on any atom is 0.224 e. The van der Waals surface area contributed by atoms with Crippen LogP contribution in [0, 0.1) is 11.8 Å². The molecule has 218 valence electrons. The zero-order chi connectivity index (χ0) is 28.5. The molecule has 40 heavy (non-hydrogen) atoms. The molecule has 1 saturated heterocycles. The van der Waals surface area contributed by atoms with Crippen LogP contribution in [0.2, 0.25) is 0 Å². The number of Topliss-reactive ketones (excluding diaryl/α,β-unsaturated/α-hetero) is 1. The zero-order valence-electron chi connectivity index (χ0n) is 24.3. The smallest absolute Gasteiger partial charge is 0.224 e. The van der Waals surface area contributed by atoms with Crippen molar-refractivity contribution in [1.29, 1.82) is 0 Å². The van der Waals surface area contributed by atoms with Gasteiger partial charge < -0.3 is 10.6 Å². The van der Waals surface area contributed by atoms with Crippen LogP contribution in [0.15, 0.2) is 30.4 Å². The number of carbonyl (C=O) groups excluding carboxylic acids is 3. The van der Waals surface area contributed by atoms with E-state index in [4.69, 9.17) is 4.98 Å². The SMILES string of the molecule is C=C(CN1CCCC1)C(=O)CC[C@@H](NC(=O)[C@@H](CC(=O)NC)Cc1nc2ccc(CC)cc2s1)C1CCCCC1. The summed E-state index contributed by atoms with van der Waals surface area (Å²) in [6.45, 7) is 8.94. The maximum atomic E-state index is 13.8. The highest BCUT2D eigenvalue weighted by Gasteiger charge is 2.30. The van der Waals surface area contributed by atoms with Gasteiger partial charge in [0.05, 0.1) is 21.1 Å². The van der Waals surface area contributed by atoms with Crippen molar-refractivity contribution in [2.75, 3.05) is 26.7 Å². The molecule has 2 amide bonds. The Morgan fingerprint density at radius 3 is 2.58 bits per heavy atom. The molecule has 4 rings (SSSR count). The summed E-state index contributed by atoms with van der Waals surface area (Å²) in [4.78, 5) is 46.3. The quantitative estimate of drug-likeness (QED) is 0.306. The van der Waals surface area contributed by atoms with Crippen molar-refractivity contribution in [3.63, 3.8) is 0 Å². The first-order valence-electron chi connectivity index (χ1n) is 15.2. The molecule has 0 bridgehead atoms. The first-order chi connectivity index (χ1) is 19.4. The van der Waals surface area contributed by atoms with Gasteiger partial charge in [-0.2, -0.15) is 0 Å². The van der Waals surface area contributed by atoms with Gasteiger partial charge in [0, 0.05) is 44.5 Å². The number of nitrogens with one attached hydrogen (secondary N) is 2. The molecule has 0 unspecified atom stereocenters. The number of hydrogen-bond acceptors (Lipinski definition) is 6. The minimum Gasteiger partial charge on any atom is -0.359 e. The highest BCUT2D eigenvalue weighted by molar-refractivity contribution is 7.18. The van der Waals surface area contributed by atoms with Crippen molar-refractivity contribution in [2.45, 2.75) is 90.0 Å². The van der Waals surface area contributed by atoms with Crippen LogP contribution in [-0.4, -0.2) is 60.2 Å². The molecule has 0 spiro atoms. The van der Waals surface area contributed by atoms with Crippen molar-refractivity contribution in [3.8, 4) is 0 Å². The van der Waals surface area contributed by atoms with E-state index in [9.17, 15) is 14.4 Å². The molecule has 1 saturated carbocycles. The fraction of sp³-hybridized carbons (Fsp3) is 0.625. The van der Waals surface area contributed by atoms with Crippen molar-refractivity contribution in [2.24, 2.45) is 11.8 Å². The van der Waals surface area contributed by atoms with E-state index in [1.54, 1.807) is 18.4 Å². The molecule has 0 radical (unpaired) electrons. The monoisotopic (exact) mass is 566 g/mol. The molecule has 2 aromatic rings. The van der Waals surface area contributed by atoms with E-state index in [-0.39, 0.29) is 30.1 Å². The van der Waals surface area contributed by atoms with Gasteiger partial charge in [-0.05, 0) is 75.2 Å². The summed E-state index contributed by atoms with van der Waals surface area (Å²) in [5.74, 6) is -0.330. The van der Waals surface area contributed by atoms with Crippen LogP contribution in [0.3, 0.4) is 0 Å². The summed E-state index contributed by atoms with van der Waals surface area (Å²) < 4.78 is 1.11. The number of aromatic nitrogens is 1. The minimum atomic E-state index is -0.516. The standard InChI is InChI=1S/C32H46N4O3S/c1-4-23-12-13-27-29(18-23)40-31(34-27)20-25(19-30(38)33-3)32(39)35-26(24-10-6-5-7-11-24)14-15-28(37)22(2)21-36-16-8-9-17-36/h12-13,18,24-26H,2,4-11,14-17,19-21H2,1,3H3,(H,33,38)(H,35,39)/t25-,26+/m0/s1. The van der Waals surface area contributed by atoms with Crippen LogP contribution in [0.25, 0.3) is 10.2 Å². The summed E-state index contributed by atoms with van der Waals surface area (Å²) in [5.41, 5.74) is 2.87. The average Bonchev–Trinajstić information content (AvgIpc) is 3.63. The first kappa shape index (κ1) is 30.4. The van der Waals surface area contributed by atoms with E-state index in [0.717, 1.165) is 60.4 Å². The molecular formula is C32H46N4O3S. The topological polar surface area (TPSA) is 91.4 Å². The number of fused-ring (bicyclic) bond motifs is 1. The van der Waals surface area contributed by atoms with Gasteiger partial charge in [0.25, 0.3) is 0 Å². The van der Waals surface area contributed by atoms with Crippen LogP contribution in [-0.2, 0) is 27.2 Å². The van der Waals surface area contributed by atoms with Gasteiger partial charge in [-0.1, -0.05) is 38.8 Å². The van der Waals surface area contributed by atoms with Crippen LogP contribution < -0.4 is 10.6 Å². The van der Waals surface area contributed by atoms with Crippen LogP contribution in [0.4, 0.5) is 0 Å². The fourth-order valence-electron chi connectivity index (χ4n) is 6.14. The van der Waals surface area contributed by atoms with Crippen LogP contribution in [0.5, 0.6) is 0 Å². The zero-order valence-corrected chi connectivity index (χ0v) is 25.1. The summed E-state index contributed by atoms with van der Waals surface area (Å²) in [6, 6.07) is 6.22. The number of ketones is 1. The Bertz CT molecular complexity index is 1180. The second-order valence-electron chi connectivity index (χ2n) is 11.6. The molecule has 2 fully saturated rings. The summed E-state index contributed by atoms with van der Waals surface area (Å²) in [7, 11) is 1.60. The lowest BCUT2D eigenvalue weighted by Crippen LogP contribution is -2.45. The Labute approximate surface area is 243 Å². The number of likely N-dealkylation sites (tertiary alicyclic amines) is 1. The van der Waals surface area contributed by atoms with Gasteiger partial charge in [0.2, 0.25) is 11.8 Å². The molecule has 2 atom stereocenters. The van der Waals surface area contributed by atoms with Gasteiger partial charge in [-0.15, -0.1) is 11.3 Å². The third kappa shape index (κ3) is 8.46. The van der Waals surface area contributed by atoms with E-state index in [2.05, 4.69) is 41.2 Å². The van der Waals surface area contributed by atoms with Gasteiger partial charge in [-0.25, -0.2) is 4.98 Å². The molecule has 2 N–H and O–H groups in total. The molecule has 1 aliphatic heterocycles.